The summed E-state index contributed by atoms with van der Waals surface area (Å²) in [5.74, 6) is 0.867. The van der Waals surface area contributed by atoms with Gasteiger partial charge in [-0.2, -0.15) is 23.3 Å². The number of aryl methyl sites for hydroxylation is 1. The third-order valence-corrected chi connectivity index (χ3v) is 5.41. The van der Waals surface area contributed by atoms with E-state index >= 15 is 0 Å². The summed E-state index contributed by atoms with van der Waals surface area (Å²) in [5, 5.41) is 9.78. The van der Waals surface area contributed by atoms with Crippen molar-refractivity contribution < 1.29 is 22.7 Å². The quantitative estimate of drug-likeness (QED) is 0.774. The lowest BCUT2D eigenvalue weighted by atomic mass is 10.1. The van der Waals surface area contributed by atoms with Gasteiger partial charge in [-0.15, -0.1) is 0 Å². The van der Waals surface area contributed by atoms with Crippen LogP contribution in [0.2, 0.25) is 0 Å². The molecular weight excluding hydrogens is 403 g/mol. The second kappa shape index (κ2) is 7.42. The molecule has 4 heterocycles. The lowest BCUT2D eigenvalue weighted by Gasteiger charge is -2.32. The van der Waals surface area contributed by atoms with Gasteiger partial charge in [0.15, 0.2) is 5.82 Å². The van der Waals surface area contributed by atoms with Gasteiger partial charge in [0.2, 0.25) is 11.9 Å². The van der Waals surface area contributed by atoms with Gasteiger partial charge in [-0.05, 0) is 26.3 Å². The van der Waals surface area contributed by atoms with Gasteiger partial charge in [0.25, 0.3) is 0 Å². The van der Waals surface area contributed by atoms with E-state index in [0.29, 0.717) is 36.2 Å². The van der Waals surface area contributed by atoms with Crippen LogP contribution in [0.4, 0.5) is 30.6 Å². The van der Waals surface area contributed by atoms with E-state index in [0.717, 1.165) is 16.9 Å². The van der Waals surface area contributed by atoms with Crippen LogP contribution in [0.5, 0.6) is 0 Å². The average Bonchev–Trinajstić information content (AvgIpc) is 3.31. The molecule has 12 heteroatoms. The molecule has 2 aliphatic rings. The van der Waals surface area contributed by atoms with Gasteiger partial charge in [0, 0.05) is 13.2 Å². The van der Waals surface area contributed by atoms with Gasteiger partial charge in [-0.1, -0.05) is 0 Å². The maximum atomic E-state index is 13.0. The largest absolute Gasteiger partial charge is 0.433 e. The zero-order chi connectivity index (χ0) is 21.6. The lowest BCUT2D eigenvalue weighted by molar-refractivity contribution is -0.144. The van der Waals surface area contributed by atoms with Crippen molar-refractivity contribution in [3.8, 4) is 0 Å². The van der Waals surface area contributed by atoms with Crippen LogP contribution in [-0.2, 0) is 22.3 Å². The molecule has 0 aromatic carbocycles. The molecule has 2 N–H and O–H groups in total. The standard InChI is InChI=1S/C18H22F3N7O2/c1-9-14-15(27(3)10(2)16(29)25-14)26-17(23-9)24-11-6-12(30-8-11)7-28-13(4-5-22-28)18(19,20)21/h4-5,10-12H,6-8H2,1-3H3,(H,25,29)(H,23,24,26)/t10-,11?,12?/m0/s1. The van der Waals surface area contributed by atoms with Gasteiger partial charge in [-0.3, -0.25) is 9.48 Å². The van der Waals surface area contributed by atoms with E-state index in [2.05, 4.69) is 25.7 Å². The number of nitrogens with one attached hydrogen (secondary N) is 2. The minimum atomic E-state index is -4.46. The molecule has 2 aromatic heterocycles. The monoisotopic (exact) mass is 425 g/mol. The number of fused-ring (bicyclic) bond motifs is 1. The maximum Gasteiger partial charge on any atom is 0.433 e. The van der Waals surface area contributed by atoms with Crippen LogP contribution in [0.3, 0.4) is 0 Å². The molecule has 3 atom stereocenters. The summed E-state index contributed by atoms with van der Waals surface area (Å²) < 4.78 is 45.6. The van der Waals surface area contributed by atoms with E-state index in [1.807, 2.05) is 0 Å². The number of halogens is 3. The SMILES string of the molecule is Cc1nc(NC2COC(Cn3nccc3C(F)(F)F)C2)nc2c1NC(=O)[C@H](C)N2C. The van der Waals surface area contributed by atoms with Crippen molar-refractivity contribution in [1.82, 2.24) is 19.7 Å². The highest BCUT2D eigenvalue weighted by Gasteiger charge is 2.36. The van der Waals surface area contributed by atoms with E-state index in [4.69, 9.17) is 4.74 Å². The fourth-order valence-electron chi connectivity index (χ4n) is 3.64. The van der Waals surface area contributed by atoms with Crippen LogP contribution in [0.25, 0.3) is 0 Å². The number of hydrogen-bond acceptors (Lipinski definition) is 7. The second-order valence-electron chi connectivity index (χ2n) is 7.54. The van der Waals surface area contributed by atoms with Gasteiger partial charge in [0.1, 0.15) is 17.4 Å². The molecule has 9 nitrogen and oxygen atoms in total. The fraction of sp³-hybridized carbons (Fsp3) is 0.556. The van der Waals surface area contributed by atoms with Crippen LogP contribution < -0.4 is 15.5 Å². The molecule has 1 fully saturated rings. The number of nitrogens with zero attached hydrogens (tertiary/aromatic N) is 5. The van der Waals surface area contributed by atoms with Crippen molar-refractivity contribution in [2.45, 2.75) is 51.2 Å². The number of hydrogen-bond donors (Lipinski definition) is 2. The smallest absolute Gasteiger partial charge is 0.374 e. The van der Waals surface area contributed by atoms with E-state index in [9.17, 15) is 18.0 Å². The van der Waals surface area contributed by atoms with Gasteiger partial charge in [-0.25, -0.2) is 4.98 Å². The Morgan fingerprint density at radius 3 is 2.87 bits per heavy atom. The van der Waals surface area contributed by atoms with Crippen LogP contribution in [0.1, 0.15) is 24.7 Å². The van der Waals surface area contributed by atoms with Gasteiger partial charge < -0.3 is 20.3 Å². The number of likely N-dealkylation sites (N-methyl/N-ethyl adjacent to an activating group) is 1. The first kappa shape index (κ1) is 20.4. The van der Waals surface area contributed by atoms with E-state index < -0.39 is 18.0 Å². The molecule has 0 spiro atoms. The summed E-state index contributed by atoms with van der Waals surface area (Å²) in [6, 6.07) is 0.430. The molecule has 0 aliphatic carbocycles. The fourth-order valence-corrected chi connectivity index (χ4v) is 3.64. The summed E-state index contributed by atoms with van der Waals surface area (Å²) in [7, 11) is 1.79. The Balaban J connectivity index is 1.44. The molecule has 2 unspecified atom stereocenters. The highest BCUT2D eigenvalue weighted by atomic mass is 19.4. The van der Waals surface area contributed by atoms with E-state index in [1.54, 1.807) is 25.8 Å². The average molecular weight is 425 g/mol. The highest BCUT2D eigenvalue weighted by Crippen LogP contribution is 2.33. The Morgan fingerprint density at radius 1 is 1.37 bits per heavy atom. The van der Waals surface area contributed by atoms with Crippen LogP contribution in [0, 0.1) is 6.92 Å². The Labute approximate surface area is 170 Å². The topological polar surface area (TPSA) is 97.2 Å². The molecule has 2 aliphatic heterocycles. The molecule has 0 bridgehead atoms. The van der Waals surface area contributed by atoms with Crippen molar-refractivity contribution in [3.63, 3.8) is 0 Å². The normalized spacial score (nSPS) is 24.0. The van der Waals surface area contributed by atoms with Crippen molar-refractivity contribution in [2.24, 2.45) is 0 Å². The van der Waals surface area contributed by atoms with Crippen molar-refractivity contribution in [2.75, 3.05) is 29.2 Å². The first-order valence-electron chi connectivity index (χ1n) is 9.53. The number of rotatable bonds is 4. The number of carbonyl (C=O) groups excluding carboxylic acids is 1. The Bertz CT molecular complexity index is 962. The molecule has 4 rings (SSSR count). The summed E-state index contributed by atoms with van der Waals surface area (Å²) in [6.07, 6.45) is -3.25. The first-order valence-corrected chi connectivity index (χ1v) is 9.53. The first-order chi connectivity index (χ1) is 14.1. The molecule has 30 heavy (non-hydrogen) atoms. The number of carbonyl (C=O) groups is 1. The number of amides is 1. The molecular formula is C18H22F3N7O2. The number of ether oxygens (including phenoxy) is 1. The van der Waals surface area contributed by atoms with Crippen LogP contribution in [0.15, 0.2) is 12.3 Å². The van der Waals surface area contributed by atoms with E-state index in [-0.39, 0.29) is 24.5 Å². The zero-order valence-electron chi connectivity index (χ0n) is 16.7. The van der Waals surface area contributed by atoms with Crippen molar-refractivity contribution in [1.29, 1.82) is 0 Å². The summed E-state index contributed by atoms with van der Waals surface area (Å²) in [4.78, 5) is 22.7. The Hall–Kier alpha value is -2.89. The molecule has 1 saturated heterocycles. The molecule has 1 amide bonds. The van der Waals surface area contributed by atoms with Gasteiger partial charge in [0.05, 0.1) is 31.0 Å². The van der Waals surface area contributed by atoms with Gasteiger partial charge >= 0.3 is 6.18 Å². The highest BCUT2D eigenvalue weighted by molar-refractivity contribution is 6.03. The number of aromatic nitrogens is 4. The second-order valence-corrected chi connectivity index (χ2v) is 7.54. The third-order valence-electron chi connectivity index (χ3n) is 5.41. The molecule has 2 aromatic rings. The summed E-state index contributed by atoms with van der Waals surface area (Å²) in [6.45, 7) is 3.88. The number of alkyl halides is 3. The zero-order valence-corrected chi connectivity index (χ0v) is 16.7. The van der Waals surface area contributed by atoms with Crippen LogP contribution in [-0.4, -0.2) is 57.5 Å². The predicted octanol–water partition coefficient (Wildman–Crippen LogP) is 2.05. The third kappa shape index (κ3) is 3.78. The predicted molar refractivity (Wildman–Crippen MR) is 102 cm³/mol. The number of anilines is 3. The maximum absolute atomic E-state index is 13.0. The molecule has 0 saturated carbocycles. The minimum absolute atomic E-state index is 0.0103. The van der Waals surface area contributed by atoms with E-state index in [1.165, 1.54) is 0 Å². The van der Waals surface area contributed by atoms with Crippen molar-refractivity contribution >= 4 is 23.4 Å². The molecule has 0 radical (unpaired) electrons. The summed E-state index contributed by atoms with van der Waals surface area (Å²) >= 11 is 0. The molecule has 162 valence electrons. The van der Waals surface area contributed by atoms with Crippen LogP contribution >= 0.6 is 0 Å². The Kier molecular flexibility index (Phi) is 5.04. The summed E-state index contributed by atoms with van der Waals surface area (Å²) in [5.41, 5.74) is 0.400. The Morgan fingerprint density at radius 2 is 2.13 bits per heavy atom. The lowest BCUT2D eigenvalue weighted by Crippen LogP contribution is -2.45. The van der Waals surface area contributed by atoms with Crippen molar-refractivity contribution in [3.05, 3.63) is 23.7 Å². The minimum Gasteiger partial charge on any atom is -0.374 e.